The molecule has 10 heteroatoms. The Kier molecular flexibility index (Phi) is 6.48. The Labute approximate surface area is 194 Å². The summed E-state index contributed by atoms with van der Waals surface area (Å²) >= 11 is 0. The van der Waals surface area contributed by atoms with Crippen LogP contribution in [-0.4, -0.2) is 39.7 Å². The number of hydrogen-bond donors (Lipinski definition) is 2. The van der Waals surface area contributed by atoms with Crippen LogP contribution in [0.4, 0.5) is 26.0 Å². The minimum atomic E-state index is -2.54. The number of aryl methyl sites for hydroxylation is 1. The normalized spacial score (nSPS) is 20.8. The number of amides is 1. The van der Waals surface area contributed by atoms with Crippen molar-refractivity contribution in [1.82, 2.24) is 14.8 Å². The smallest absolute Gasteiger partial charge is 0.249 e. The maximum Gasteiger partial charge on any atom is 0.249 e. The van der Waals surface area contributed by atoms with Crippen molar-refractivity contribution < 1.29 is 13.6 Å². The van der Waals surface area contributed by atoms with Gasteiger partial charge in [-0.1, -0.05) is 20.8 Å². The van der Waals surface area contributed by atoms with E-state index in [9.17, 15) is 13.6 Å². The second-order valence-corrected chi connectivity index (χ2v) is 9.70. The van der Waals surface area contributed by atoms with Crippen LogP contribution in [0.15, 0.2) is 18.5 Å². The molecule has 0 bridgehead atoms. The number of rotatable bonds is 6. The van der Waals surface area contributed by atoms with E-state index in [1.54, 1.807) is 10.9 Å². The lowest BCUT2D eigenvalue weighted by Crippen LogP contribution is -2.49. The molecule has 32 heavy (non-hydrogen) atoms. The van der Waals surface area contributed by atoms with Gasteiger partial charge in [0.1, 0.15) is 11.9 Å². The molecule has 0 unspecified atom stereocenters. The van der Waals surface area contributed by atoms with E-state index in [0.29, 0.717) is 18.9 Å². The van der Waals surface area contributed by atoms with Crippen molar-refractivity contribution in [3.8, 4) is 0 Å². The molecule has 0 aromatic carbocycles. The third-order valence-electron chi connectivity index (χ3n) is 6.20. The van der Waals surface area contributed by atoms with Crippen LogP contribution in [0.25, 0.3) is 0 Å². The number of halogens is 2. The number of nitrogens with zero attached hydrogens (tertiary/aromatic N) is 4. The average Bonchev–Trinajstić information content (AvgIpc) is 3.05. The summed E-state index contributed by atoms with van der Waals surface area (Å²) in [5.74, 6) is -1.67. The quantitative estimate of drug-likeness (QED) is 0.669. The summed E-state index contributed by atoms with van der Waals surface area (Å²) in [5, 5.41) is 10.7. The first-order valence-electron chi connectivity index (χ1n) is 10.6. The van der Waals surface area contributed by atoms with Gasteiger partial charge in [-0.3, -0.25) is 9.48 Å². The first-order valence-corrected chi connectivity index (χ1v) is 10.6. The molecule has 1 fully saturated rings. The number of carbonyl (C=O) groups excluding carboxylic acids is 1. The number of pyridine rings is 1. The maximum atomic E-state index is 13.2. The fraction of sp³-hybridized carbons (Fsp3) is 0.591. The van der Waals surface area contributed by atoms with Crippen LogP contribution in [0.1, 0.15) is 44.9 Å². The summed E-state index contributed by atoms with van der Waals surface area (Å²) in [4.78, 5) is 19.1. The zero-order valence-corrected chi connectivity index (χ0v) is 20.2. The van der Waals surface area contributed by atoms with E-state index in [-0.39, 0.29) is 44.2 Å². The molecule has 176 valence electrons. The van der Waals surface area contributed by atoms with E-state index in [2.05, 4.69) is 20.7 Å². The Morgan fingerprint density at radius 1 is 1.34 bits per heavy atom. The van der Waals surface area contributed by atoms with Crippen LogP contribution in [0.2, 0.25) is 0 Å². The summed E-state index contributed by atoms with van der Waals surface area (Å²) in [7, 11) is 1.93. The van der Waals surface area contributed by atoms with E-state index in [1.165, 1.54) is 0 Å². The number of anilines is 3. The van der Waals surface area contributed by atoms with Crippen molar-refractivity contribution in [2.24, 2.45) is 11.3 Å². The second-order valence-electron chi connectivity index (χ2n) is 9.70. The highest BCUT2D eigenvalue weighted by Crippen LogP contribution is 2.52. The Balaban J connectivity index is 0.00000289. The lowest BCUT2D eigenvalue weighted by molar-refractivity contribution is -0.159. The summed E-state index contributed by atoms with van der Waals surface area (Å²) < 4.78 is 28.2. The van der Waals surface area contributed by atoms with Crippen LogP contribution in [0.3, 0.4) is 0 Å². The summed E-state index contributed by atoms with van der Waals surface area (Å²) in [5.41, 5.74) is 2.97. The van der Waals surface area contributed by atoms with Crippen molar-refractivity contribution in [1.29, 1.82) is 0 Å². The number of fused-ring (bicyclic) bond motifs is 1. The Hall–Kier alpha value is -2.36. The highest BCUT2D eigenvalue weighted by molar-refractivity contribution is 7.59. The van der Waals surface area contributed by atoms with Gasteiger partial charge in [0, 0.05) is 50.8 Å². The monoisotopic (exact) mass is 466 g/mol. The first-order chi connectivity index (χ1) is 14.5. The predicted molar refractivity (Wildman–Crippen MR) is 127 cm³/mol. The van der Waals surface area contributed by atoms with Crippen molar-refractivity contribution in [3.05, 3.63) is 29.7 Å². The predicted octanol–water partition coefficient (Wildman–Crippen LogP) is 4.16. The third-order valence-corrected chi connectivity index (χ3v) is 6.20. The van der Waals surface area contributed by atoms with E-state index in [1.807, 2.05) is 51.9 Å². The van der Waals surface area contributed by atoms with Gasteiger partial charge in [-0.15, -0.1) is 0 Å². The van der Waals surface area contributed by atoms with Gasteiger partial charge < -0.3 is 15.5 Å². The van der Waals surface area contributed by atoms with Crippen molar-refractivity contribution >= 4 is 36.6 Å². The molecule has 7 nitrogen and oxygen atoms in total. The van der Waals surface area contributed by atoms with Crippen molar-refractivity contribution in [2.75, 3.05) is 22.6 Å². The molecule has 2 aromatic heterocycles. The molecule has 1 aliphatic carbocycles. The van der Waals surface area contributed by atoms with Crippen LogP contribution in [0.5, 0.6) is 0 Å². The highest BCUT2D eigenvalue weighted by atomic mass is 32.1. The molecule has 2 aromatic rings. The molecule has 1 saturated carbocycles. The lowest BCUT2D eigenvalue weighted by atomic mass is 9.67. The number of carbonyl (C=O) groups is 1. The van der Waals surface area contributed by atoms with E-state index in [0.717, 1.165) is 22.6 Å². The molecular formula is C22H32F2N6OS. The standard InChI is InChI=1S/C22H30F2N6O.H2S/c1-13(2)19-20(31)28-18-14(3)27-17(6-16(18)29(19)5)25-7-15-8-26-30(9-15)12-21(4)10-22(23,24)11-21;/h6,8-9,13,19H,7,10-12H2,1-5H3,(H,25,27)(H,28,31);1H2/t19-;/m0./s1. The Morgan fingerprint density at radius 3 is 2.66 bits per heavy atom. The Morgan fingerprint density at radius 2 is 2.03 bits per heavy atom. The van der Waals surface area contributed by atoms with Gasteiger partial charge in [-0.05, 0) is 18.3 Å². The summed E-state index contributed by atoms with van der Waals surface area (Å²) in [6.07, 6.45) is 3.46. The highest BCUT2D eigenvalue weighted by Gasteiger charge is 2.53. The van der Waals surface area contributed by atoms with Crippen molar-refractivity contribution in [2.45, 2.75) is 65.6 Å². The Bertz CT molecular complexity index is 1000. The maximum absolute atomic E-state index is 13.2. The fourth-order valence-corrected chi connectivity index (χ4v) is 4.93. The van der Waals surface area contributed by atoms with Crippen LogP contribution in [-0.2, 0) is 17.9 Å². The number of aromatic nitrogens is 3. The van der Waals surface area contributed by atoms with Gasteiger partial charge >= 0.3 is 0 Å². The van der Waals surface area contributed by atoms with Crippen LogP contribution < -0.4 is 15.5 Å². The molecule has 2 N–H and O–H groups in total. The average molecular weight is 467 g/mol. The molecule has 3 heterocycles. The second kappa shape index (κ2) is 8.53. The SMILES string of the molecule is Cc1nc(NCc2cnn(CC3(C)CC(F)(F)C3)c2)cc2c1NC(=O)[C@H](C(C)C)N2C.S. The summed E-state index contributed by atoms with van der Waals surface area (Å²) in [6, 6.07) is 1.71. The molecule has 1 aliphatic heterocycles. The van der Waals surface area contributed by atoms with Gasteiger partial charge in [0.15, 0.2) is 0 Å². The molecule has 1 atom stereocenters. The van der Waals surface area contributed by atoms with Crippen LogP contribution >= 0.6 is 13.5 Å². The zero-order chi connectivity index (χ0) is 22.6. The van der Waals surface area contributed by atoms with E-state index in [4.69, 9.17) is 0 Å². The van der Waals surface area contributed by atoms with Crippen molar-refractivity contribution in [3.63, 3.8) is 0 Å². The number of alkyl halides is 2. The minimum Gasteiger partial charge on any atom is -0.366 e. The molecule has 1 amide bonds. The van der Waals surface area contributed by atoms with Gasteiger partial charge in [0.2, 0.25) is 11.8 Å². The molecular weight excluding hydrogens is 434 g/mol. The first kappa shape index (κ1) is 24.3. The van der Waals surface area contributed by atoms with E-state index >= 15 is 0 Å². The minimum absolute atomic E-state index is 0. The lowest BCUT2D eigenvalue weighted by Gasteiger charge is -2.44. The van der Waals surface area contributed by atoms with Gasteiger partial charge in [0.25, 0.3) is 0 Å². The molecule has 0 spiro atoms. The van der Waals surface area contributed by atoms with Crippen LogP contribution in [0, 0.1) is 18.3 Å². The molecule has 0 radical (unpaired) electrons. The fourth-order valence-electron chi connectivity index (χ4n) is 4.93. The number of nitrogens with one attached hydrogen (secondary N) is 2. The zero-order valence-electron chi connectivity index (χ0n) is 19.2. The van der Waals surface area contributed by atoms with E-state index < -0.39 is 11.3 Å². The molecule has 0 saturated heterocycles. The number of hydrogen-bond acceptors (Lipinski definition) is 5. The van der Waals surface area contributed by atoms with Gasteiger partial charge in [0.05, 0.1) is 23.3 Å². The van der Waals surface area contributed by atoms with Gasteiger partial charge in [-0.2, -0.15) is 18.6 Å². The summed E-state index contributed by atoms with van der Waals surface area (Å²) in [6.45, 7) is 8.82. The largest absolute Gasteiger partial charge is 0.366 e. The topological polar surface area (TPSA) is 75.1 Å². The van der Waals surface area contributed by atoms with Gasteiger partial charge in [-0.25, -0.2) is 13.8 Å². The molecule has 4 rings (SSSR count). The number of likely N-dealkylation sites (N-methyl/N-ethyl adjacent to an activating group) is 1. The third kappa shape index (κ3) is 4.69. The molecule has 2 aliphatic rings.